The van der Waals surface area contributed by atoms with Gasteiger partial charge in [0.2, 0.25) is 0 Å². The normalized spacial score (nSPS) is 22.1. The highest BCUT2D eigenvalue weighted by atomic mass is 15.0. The Morgan fingerprint density at radius 1 is 1.33 bits per heavy atom. The lowest BCUT2D eigenvalue weighted by atomic mass is 9.99. The van der Waals surface area contributed by atoms with Crippen LogP contribution in [0.2, 0.25) is 0 Å². The molecule has 82 valence electrons. The molecule has 0 saturated heterocycles. The molecule has 0 spiro atoms. The molecule has 1 aromatic heterocycles. The van der Waals surface area contributed by atoms with Crippen LogP contribution in [0.4, 0.5) is 0 Å². The summed E-state index contributed by atoms with van der Waals surface area (Å²) in [6, 6.07) is 7.01. The van der Waals surface area contributed by atoms with E-state index < -0.39 is 0 Å². The van der Waals surface area contributed by atoms with Crippen molar-refractivity contribution in [2.75, 3.05) is 0 Å². The van der Waals surface area contributed by atoms with Crippen LogP contribution in [0.15, 0.2) is 24.4 Å². The summed E-state index contributed by atoms with van der Waals surface area (Å²) in [5.41, 5.74) is 1.66. The van der Waals surface area contributed by atoms with E-state index in [-0.39, 0.29) is 0 Å². The molecule has 1 aliphatic rings. The molecule has 1 unspecified atom stereocenters. The SMILES string of the molecule is CC(N[C@@H](C)c1ccccn1)C1(C)CC1. The molecule has 1 saturated carbocycles. The molecule has 2 heteroatoms. The Kier molecular flexibility index (Phi) is 2.79. The van der Waals surface area contributed by atoms with E-state index in [0.29, 0.717) is 17.5 Å². The average molecular weight is 204 g/mol. The van der Waals surface area contributed by atoms with Gasteiger partial charge in [-0.15, -0.1) is 0 Å². The van der Waals surface area contributed by atoms with Crippen LogP contribution in [0.5, 0.6) is 0 Å². The quantitative estimate of drug-likeness (QED) is 0.815. The standard InChI is InChI=1S/C13H20N2/c1-10(12-6-4-5-9-14-12)15-11(2)13(3)7-8-13/h4-6,9-11,15H,7-8H2,1-3H3/t10-,11?/m0/s1. The summed E-state index contributed by atoms with van der Waals surface area (Å²) in [4.78, 5) is 4.37. The fourth-order valence-corrected chi connectivity index (χ4v) is 1.92. The highest BCUT2D eigenvalue weighted by Crippen LogP contribution is 2.48. The summed E-state index contributed by atoms with van der Waals surface area (Å²) in [6.07, 6.45) is 4.57. The van der Waals surface area contributed by atoms with E-state index in [4.69, 9.17) is 0 Å². The van der Waals surface area contributed by atoms with Crippen LogP contribution in [0.25, 0.3) is 0 Å². The molecule has 2 rings (SSSR count). The van der Waals surface area contributed by atoms with Crippen LogP contribution in [0.1, 0.15) is 45.3 Å². The molecule has 15 heavy (non-hydrogen) atoms. The second-order valence-corrected chi connectivity index (χ2v) is 5.02. The summed E-state index contributed by atoms with van der Waals surface area (Å²) in [6.45, 7) is 6.83. The molecule has 0 aliphatic heterocycles. The predicted molar refractivity (Wildman–Crippen MR) is 62.6 cm³/mol. The van der Waals surface area contributed by atoms with E-state index in [1.165, 1.54) is 12.8 Å². The highest BCUT2D eigenvalue weighted by Gasteiger charge is 2.42. The van der Waals surface area contributed by atoms with Gasteiger partial charge in [-0.2, -0.15) is 0 Å². The number of pyridine rings is 1. The fraction of sp³-hybridized carbons (Fsp3) is 0.615. The molecular weight excluding hydrogens is 184 g/mol. The second kappa shape index (κ2) is 3.93. The molecule has 0 bridgehead atoms. The summed E-state index contributed by atoms with van der Waals surface area (Å²) >= 11 is 0. The molecule has 2 nitrogen and oxygen atoms in total. The molecule has 1 heterocycles. The van der Waals surface area contributed by atoms with Gasteiger partial charge < -0.3 is 5.32 Å². The third-order valence-electron chi connectivity index (χ3n) is 3.72. The molecule has 1 aliphatic carbocycles. The summed E-state index contributed by atoms with van der Waals surface area (Å²) in [7, 11) is 0. The first-order valence-electron chi connectivity index (χ1n) is 5.79. The number of nitrogens with one attached hydrogen (secondary N) is 1. The minimum atomic E-state index is 0.346. The maximum Gasteiger partial charge on any atom is 0.0570 e. The van der Waals surface area contributed by atoms with Crippen LogP contribution < -0.4 is 5.32 Å². The van der Waals surface area contributed by atoms with Gasteiger partial charge in [0.05, 0.1) is 5.69 Å². The zero-order valence-corrected chi connectivity index (χ0v) is 9.83. The highest BCUT2D eigenvalue weighted by molar-refractivity contribution is 5.09. The van der Waals surface area contributed by atoms with Gasteiger partial charge in [-0.3, -0.25) is 4.98 Å². The van der Waals surface area contributed by atoms with Crippen molar-refractivity contribution < 1.29 is 0 Å². The third kappa shape index (κ3) is 2.37. The number of nitrogens with zero attached hydrogens (tertiary/aromatic N) is 1. The van der Waals surface area contributed by atoms with Gasteiger partial charge in [-0.25, -0.2) is 0 Å². The molecule has 2 atom stereocenters. The van der Waals surface area contributed by atoms with Crippen molar-refractivity contribution in [3.05, 3.63) is 30.1 Å². The Morgan fingerprint density at radius 2 is 2.07 bits per heavy atom. The second-order valence-electron chi connectivity index (χ2n) is 5.02. The lowest BCUT2D eigenvalue weighted by Crippen LogP contribution is -2.35. The van der Waals surface area contributed by atoms with Gasteiger partial charge >= 0.3 is 0 Å². The number of aromatic nitrogens is 1. The van der Waals surface area contributed by atoms with E-state index in [0.717, 1.165) is 5.69 Å². The van der Waals surface area contributed by atoms with Crippen molar-refractivity contribution in [3.63, 3.8) is 0 Å². The van der Waals surface area contributed by atoms with E-state index in [1.807, 2.05) is 18.3 Å². The van der Waals surface area contributed by atoms with Crippen LogP contribution in [0.3, 0.4) is 0 Å². The van der Waals surface area contributed by atoms with Crippen molar-refractivity contribution in [1.82, 2.24) is 10.3 Å². The van der Waals surface area contributed by atoms with Gasteiger partial charge in [-0.05, 0) is 44.2 Å². The average Bonchev–Trinajstić information content (AvgIpc) is 2.99. The Bertz CT molecular complexity index is 317. The van der Waals surface area contributed by atoms with E-state index in [2.05, 4.69) is 37.1 Å². The zero-order valence-electron chi connectivity index (χ0n) is 9.83. The number of hydrogen-bond donors (Lipinski definition) is 1. The first-order valence-corrected chi connectivity index (χ1v) is 5.79. The van der Waals surface area contributed by atoms with E-state index in [1.54, 1.807) is 0 Å². The van der Waals surface area contributed by atoms with Gasteiger partial charge in [0.15, 0.2) is 0 Å². The number of hydrogen-bond acceptors (Lipinski definition) is 2. The Hall–Kier alpha value is -0.890. The molecule has 1 N–H and O–H groups in total. The van der Waals surface area contributed by atoms with Crippen LogP contribution in [-0.4, -0.2) is 11.0 Å². The Morgan fingerprint density at radius 3 is 2.60 bits per heavy atom. The predicted octanol–water partition coefficient (Wildman–Crippen LogP) is 2.92. The van der Waals surface area contributed by atoms with Gasteiger partial charge in [0.1, 0.15) is 0 Å². The van der Waals surface area contributed by atoms with Gasteiger partial charge in [0, 0.05) is 18.3 Å². The van der Waals surface area contributed by atoms with Crippen molar-refractivity contribution in [2.45, 2.75) is 45.7 Å². The minimum Gasteiger partial charge on any atom is -0.306 e. The smallest absolute Gasteiger partial charge is 0.0570 e. The Labute approximate surface area is 92.1 Å². The first kappa shape index (κ1) is 10.6. The monoisotopic (exact) mass is 204 g/mol. The topological polar surface area (TPSA) is 24.9 Å². The van der Waals surface area contributed by atoms with Crippen molar-refractivity contribution in [2.24, 2.45) is 5.41 Å². The van der Waals surface area contributed by atoms with Crippen LogP contribution in [0, 0.1) is 5.41 Å². The minimum absolute atomic E-state index is 0.346. The fourth-order valence-electron chi connectivity index (χ4n) is 1.92. The summed E-state index contributed by atoms with van der Waals surface area (Å²) in [5.74, 6) is 0. The van der Waals surface area contributed by atoms with Crippen molar-refractivity contribution in [3.8, 4) is 0 Å². The third-order valence-corrected chi connectivity index (χ3v) is 3.72. The van der Waals surface area contributed by atoms with Crippen LogP contribution in [-0.2, 0) is 0 Å². The van der Waals surface area contributed by atoms with Crippen LogP contribution >= 0.6 is 0 Å². The maximum absolute atomic E-state index is 4.37. The lowest BCUT2D eigenvalue weighted by molar-refractivity contribution is 0.347. The first-order chi connectivity index (χ1) is 7.12. The maximum atomic E-state index is 4.37. The Balaban J connectivity index is 1.95. The number of rotatable bonds is 4. The summed E-state index contributed by atoms with van der Waals surface area (Å²) < 4.78 is 0. The van der Waals surface area contributed by atoms with Crippen molar-refractivity contribution in [1.29, 1.82) is 0 Å². The molecule has 0 aromatic carbocycles. The largest absolute Gasteiger partial charge is 0.306 e. The van der Waals surface area contributed by atoms with E-state index >= 15 is 0 Å². The molecule has 0 radical (unpaired) electrons. The zero-order chi connectivity index (χ0) is 10.9. The molecule has 0 amide bonds. The summed E-state index contributed by atoms with van der Waals surface area (Å²) in [5, 5.41) is 3.64. The molecular formula is C13H20N2. The van der Waals surface area contributed by atoms with Crippen molar-refractivity contribution >= 4 is 0 Å². The molecule has 1 aromatic rings. The lowest BCUT2D eigenvalue weighted by Gasteiger charge is -2.24. The molecule has 1 fully saturated rings. The van der Waals surface area contributed by atoms with Gasteiger partial charge in [0.25, 0.3) is 0 Å². The van der Waals surface area contributed by atoms with E-state index in [9.17, 15) is 0 Å². The van der Waals surface area contributed by atoms with Gasteiger partial charge in [-0.1, -0.05) is 13.0 Å².